The molecule has 15 heteroatoms. The molecular weight excluding hydrogens is 566 g/mol. The minimum atomic E-state index is -6.34. The van der Waals surface area contributed by atoms with Crippen molar-refractivity contribution >= 4 is 22.7 Å². The number of nitrogens with one attached hydrogen (secondary N) is 1. The lowest BCUT2D eigenvalue weighted by molar-refractivity contribution is -0.348. The third-order valence-electron chi connectivity index (χ3n) is 5.73. The number of benzene rings is 3. The van der Waals surface area contributed by atoms with Gasteiger partial charge in [-0.15, -0.1) is 0 Å². The molecule has 4 aromatic rings. The maximum Gasteiger partial charge on any atom is 0.435 e. The van der Waals surface area contributed by atoms with E-state index < -0.39 is 58.3 Å². The summed E-state index contributed by atoms with van der Waals surface area (Å²) >= 11 is 0. The lowest BCUT2D eigenvalue weighted by atomic mass is 9.94. The van der Waals surface area contributed by atoms with Crippen LogP contribution >= 0.6 is 0 Å². The Morgan fingerprint density at radius 2 is 1.50 bits per heavy atom. The van der Waals surface area contributed by atoms with E-state index in [0.717, 1.165) is 18.2 Å². The second-order valence-electron chi connectivity index (χ2n) is 8.27. The van der Waals surface area contributed by atoms with Crippen LogP contribution in [0.2, 0.25) is 0 Å². The third-order valence-corrected chi connectivity index (χ3v) is 5.73. The number of halogens is 10. The summed E-state index contributed by atoms with van der Waals surface area (Å²) < 4.78 is 144. The summed E-state index contributed by atoms with van der Waals surface area (Å²) in [5.41, 5.74) is -10.4. The molecule has 0 bridgehead atoms. The van der Waals surface area contributed by atoms with E-state index in [0.29, 0.717) is 12.1 Å². The molecule has 3 aromatic carbocycles. The van der Waals surface area contributed by atoms with E-state index in [1.165, 1.54) is 25.3 Å². The molecule has 5 nitrogen and oxygen atoms in total. The molecule has 0 radical (unpaired) electrons. The summed E-state index contributed by atoms with van der Waals surface area (Å²) in [5.74, 6) is -1.55. The number of alkyl halides is 10. The Morgan fingerprint density at radius 3 is 2.10 bits per heavy atom. The zero-order chi connectivity index (χ0) is 29.7. The van der Waals surface area contributed by atoms with Gasteiger partial charge in [0.15, 0.2) is 5.58 Å². The number of ether oxygens (including phenoxy) is 1. The number of amides is 1. The number of hydrogen-bond donors (Lipinski definition) is 1. The van der Waals surface area contributed by atoms with Gasteiger partial charge < -0.3 is 14.5 Å². The molecule has 0 aliphatic carbocycles. The molecule has 0 unspecified atom stereocenters. The Bertz CT molecular complexity index is 1560. The summed E-state index contributed by atoms with van der Waals surface area (Å²) in [4.78, 5) is 16.6. The fraction of sp³-hybridized carbons (Fsp3) is 0.200. The van der Waals surface area contributed by atoms with E-state index in [1.807, 2.05) is 0 Å². The van der Waals surface area contributed by atoms with Crippen molar-refractivity contribution in [3.05, 3.63) is 77.4 Å². The van der Waals surface area contributed by atoms with Gasteiger partial charge in [0.1, 0.15) is 11.3 Å². The number of anilines is 1. The molecule has 1 aromatic heterocycles. The zero-order valence-electron chi connectivity index (χ0n) is 19.7. The molecule has 0 spiro atoms. The van der Waals surface area contributed by atoms with E-state index in [1.54, 1.807) is 0 Å². The molecule has 0 aliphatic rings. The van der Waals surface area contributed by atoms with Crippen molar-refractivity contribution in [2.75, 3.05) is 12.4 Å². The van der Waals surface area contributed by atoms with Gasteiger partial charge in [0.05, 0.1) is 23.8 Å². The first-order valence-corrected chi connectivity index (χ1v) is 10.9. The van der Waals surface area contributed by atoms with E-state index in [-0.39, 0.29) is 34.6 Å². The second-order valence-corrected chi connectivity index (χ2v) is 8.27. The SMILES string of the molecule is COc1ccc(NC(=O)c2ccccc2C(F)(F)F)cc1-c1nc2ccc(C(F)(C(F)(F)F)C(F)(F)F)cc2o1. The lowest BCUT2D eigenvalue weighted by Crippen LogP contribution is -2.50. The van der Waals surface area contributed by atoms with Gasteiger partial charge in [0.25, 0.3) is 5.91 Å². The normalized spacial score (nSPS) is 13.0. The van der Waals surface area contributed by atoms with Gasteiger partial charge in [-0.2, -0.15) is 39.5 Å². The number of rotatable bonds is 5. The molecule has 0 saturated heterocycles. The van der Waals surface area contributed by atoms with E-state index in [4.69, 9.17) is 9.15 Å². The first-order valence-electron chi connectivity index (χ1n) is 10.9. The molecule has 0 fully saturated rings. The van der Waals surface area contributed by atoms with Crippen LogP contribution < -0.4 is 10.1 Å². The molecule has 1 heterocycles. The number of aromatic nitrogens is 1. The highest BCUT2D eigenvalue weighted by atomic mass is 19.4. The summed E-state index contributed by atoms with van der Waals surface area (Å²) in [7, 11) is 1.20. The predicted octanol–water partition coefficient (Wildman–Crippen LogP) is 8.06. The van der Waals surface area contributed by atoms with Gasteiger partial charge in [-0.1, -0.05) is 18.2 Å². The van der Waals surface area contributed by atoms with Crippen LogP contribution in [0.1, 0.15) is 21.5 Å². The highest BCUT2D eigenvalue weighted by molar-refractivity contribution is 6.05. The van der Waals surface area contributed by atoms with Gasteiger partial charge in [-0.25, -0.2) is 9.37 Å². The number of methoxy groups -OCH3 is 1. The average molecular weight is 580 g/mol. The van der Waals surface area contributed by atoms with E-state index in [2.05, 4.69) is 10.3 Å². The quantitative estimate of drug-likeness (QED) is 0.243. The maximum atomic E-state index is 14.5. The summed E-state index contributed by atoms with van der Waals surface area (Å²) in [6, 6.07) is 8.79. The van der Waals surface area contributed by atoms with Gasteiger partial charge in [-0.3, -0.25) is 4.79 Å². The van der Waals surface area contributed by atoms with Gasteiger partial charge in [0.2, 0.25) is 5.89 Å². The summed E-state index contributed by atoms with van der Waals surface area (Å²) in [6.45, 7) is 0. The van der Waals surface area contributed by atoms with Crippen molar-refractivity contribution in [1.82, 2.24) is 4.98 Å². The van der Waals surface area contributed by atoms with Crippen LogP contribution in [-0.2, 0) is 11.8 Å². The fourth-order valence-electron chi connectivity index (χ4n) is 3.82. The molecule has 1 amide bonds. The highest BCUT2D eigenvalue weighted by Crippen LogP contribution is 2.53. The Labute approximate surface area is 217 Å². The predicted molar refractivity (Wildman–Crippen MR) is 120 cm³/mol. The van der Waals surface area contributed by atoms with E-state index >= 15 is 0 Å². The van der Waals surface area contributed by atoms with Crippen LogP contribution in [0.25, 0.3) is 22.6 Å². The van der Waals surface area contributed by atoms with Crippen LogP contribution in [0.5, 0.6) is 5.75 Å². The highest BCUT2D eigenvalue weighted by Gasteiger charge is 2.73. The fourth-order valence-corrected chi connectivity index (χ4v) is 3.82. The minimum Gasteiger partial charge on any atom is -0.496 e. The Kier molecular flexibility index (Phi) is 6.97. The van der Waals surface area contributed by atoms with Crippen LogP contribution in [0.3, 0.4) is 0 Å². The molecule has 0 saturated carbocycles. The number of nitrogens with zero attached hydrogens (tertiary/aromatic N) is 1. The largest absolute Gasteiger partial charge is 0.496 e. The molecule has 1 N–H and O–H groups in total. The number of oxazole rings is 1. The summed E-state index contributed by atoms with van der Waals surface area (Å²) in [5, 5.41) is 2.26. The first-order chi connectivity index (χ1) is 18.5. The number of hydrogen-bond acceptors (Lipinski definition) is 4. The van der Waals surface area contributed by atoms with Crippen molar-refractivity contribution in [2.24, 2.45) is 0 Å². The van der Waals surface area contributed by atoms with Gasteiger partial charge in [0, 0.05) is 11.3 Å². The molecule has 212 valence electrons. The Hall–Kier alpha value is -4.30. The average Bonchev–Trinajstić information content (AvgIpc) is 3.29. The minimum absolute atomic E-state index is 0.00546. The van der Waals surface area contributed by atoms with Crippen molar-refractivity contribution in [2.45, 2.75) is 24.2 Å². The van der Waals surface area contributed by atoms with Gasteiger partial charge >= 0.3 is 24.2 Å². The molecule has 0 aliphatic heterocycles. The summed E-state index contributed by atoms with van der Waals surface area (Å²) in [6.07, 6.45) is -17.5. The number of carbonyl (C=O) groups is 1. The lowest BCUT2D eigenvalue weighted by Gasteiger charge is -2.30. The van der Waals surface area contributed by atoms with Crippen molar-refractivity contribution < 1.29 is 57.9 Å². The smallest absolute Gasteiger partial charge is 0.435 e. The zero-order valence-corrected chi connectivity index (χ0v) is 19.7. The van der Waals surface area contributed by atoms with Crippen molar-refractivity contribution in [1.29, 1.82) is 0 Å². The Balaban J connectivity index is 1.74. The number of carbonyl (C=O) groups excluding carboxylic acids is 1. The van der Waals surface area contributed by atoms with Crippen molar-refractivity contribution in [3.63, 3.8) is 0 Å². The Morgan fingerprint density at radius 1 is 0.850 bits per heavy atom. The second kappa shape index (κ2) is 9.71. The standard InChI is InChI=1S/C25H14F10N2O3/c1-39-18-9-7-13(36-20(38)14-4-2-3-5-16(14)23(27,28)29)11-15(18)21-37-17-8-6-12(10-19(17)40-21)22(26,24(30,31)32)25(33,34)35/h2-11H,1H3,(H,36,38). The first kappa shape index (κ1) is 28.7. The van der Waals surface area contributed by atoms with Crippen LogP contribution in [-0.4, -0.2) is 30.4 Å². The monoisotopic (exact) mass is 580 g/mol. The molecule has 40 heavy (non-hydrogen) atoms. The molecule has 4 rings (SSSR count). The third kappa shape index (κ3) is 5.02. The van der Waals surface area contributed by atoms with Crippen LogP contribution in [0.4, 0.5) is 49.6 Å². The van der Waals surface area contributed by atoms with Crippen molar-refractivity contribution in [3.8, 4) is 17.2 Å². The maximum absolute atomic E-state index is 14.5. The topological polar surface area (TPSA) is 64.4 Å². The van der Waals surface area contributed by atoms with Crippen LogP contribution in [0.15, 0.2) is 65.1 Å². The van der Waals surface area contributed by atoms with Crippen LogP contribution in [0, 0.1) is 0 Å². The van der Waals surface area contributed by atoms with Gasteiger partial charge in [-0.05, 0) is 42.5 Å². The number of fused-ring (bicyclic) bond motifs is 1. The molecule has 0 atom stereocenters. The molecular formula is C25H14F10N2O3. The van der Waals surface area contributed by atoms with E-state index in [9.17, 15) is 48.7 Å².